The van der Waals surface area contributed by atoms with Crippen LogP contribution in [-0.4, -0.2) is 48.3 Å². The largest absolute Gasteiger partial charge is 0.385 e. The first-order valence-electron chi connectivity index (χ1n) is 5.40. The highest BCUT2D eigenvalue weighted by molar-refractivity contribution is 5.91. The molecule has 1 aromatic rings. The molecule has 0 aliphatic rings. The lowest BCUT2D eigenvalue weighted by molar-refractivity contribution is 0.0994. The highest BCUT2D eigenvalue weighted by Gasteiger charge is 2.16. The third-order valence-electron chi connectivity index (χ3n) is 2.33. The number of nitrogens with two attached hydrogens (primary N) is 1. The predicted octanol–water partition coefficient (Wildman–Crippen LogP) is -0.398. The van der Waals surface area contributed by atoms with Crippen LogP contribution < -0.4 is 5.73 Å². The third kappa shape index (κ3) is 3.79. The van der Waals surface area contributed by atoms with Crippen LogP contribution in [0.3, 0.4) is 0 Å². The molecule has 0 saturated heterocycles. The fourth-order valence-electron chi connectivity index (χ4n) is 1.51. The van der Waals surface area contributed by atoms with Gasteiger partial charge in [-0.25, -0.2) is 4.68 Å². The molecule has 0 spiro atoms. The Kier molecular flexibility index (Phi) is 5.58. The number of rotatable bonds is 8. The minimum atomic E-state index is -0.561. The van der Waals surface area contributed by atoms with Gasteiger partial charge in [-0.3, -0.25) is 4.79 Å². The smallest absolute Gasteiger partial charge is 0.271 e. The van der Waals surface area contributed by atoms with Gasteiger partial charge in [-0.05, 0) is 6.42 Å². The van der Waals surface area contributed by atoms with Gasteiger partial charge in [0.15, 0.2) is 5.69 Å². The molecular weight excluding hydrogens is 224 g/mol. The van der Waals surface area contributed by atoms with Crippen molar-refractivity contribution in [3.8, 4) is 0 Å². The Labute approximate surface area is 99.9 Å². The lowest BCUT2D eigenvalue weighted by Gasteiger charge is -2.06. The van der Waals surface area contributed by atoms with E-state index in [2.05, 4.69) is 10.3 Å². The van der Waals surface area contributed by atoms with Crippen molar-refractivity contribution >= 4 is 5.91 Å². The highest BCUT2D eigenvalue weighted by atomic mass is 16.5. The summed E-state index contributed by atoms with van der Waals surface area (Å²) in [6.07, 6.45) is 1.37. The van der Waals surface area contributed by atoms with Crippen LogP contribution in [-0.2, 0) is 22.4 Å². The molecule has 0 aromatic carbocycles. The second-order valence-corrected chi connectivity index (χ2v) is 3.56. The summed E-state index contributed by atoms with van der Waals surface area (Å²) in [5.41, 5.74) is 6.17. The van der Waals surface area contributed by atoms with Gasteiger partial charge in [0.05, 0.1) is 12.3 Å². The summed E-state index contributed by atoms with van der Waals surface area (Å²) in [5.74, 6) is -0.561. The van der Waals surface area contributed by atoms with Gasteiger partial charge in [-0.1, -0.05) is 5.21 Å². The molecule has 0 unspecified atom stereocenters. The van der Waals surface area contributed by atoms with E-state index >= 15 is 0 Å². The van der Waals surface area contributed by atoms with Gasteiger partial charge in [0.1, 0.15) is 0 Å². The Bertz CT molecular complexity index is 364. The Morgan fingerprint density at radius 3 is 2.65 bits per heavy atom. The molecule has 0 fully saturated rings. The maximum absolute atomic E-state index is 11.2. The summed E-state index contributed by atoms with van der Waals surface area (Å²) in [6, 6.07) is 0. The maximum atomic E-state index is 11.2. The summed E-state index contributed by atoms with van der Waals surface area (Å²) in [7, 11) is 3.24. The minimum Gasteiger partial charge on any atom is -0.385 e. The van der Waals surface area contributed by atoms with Gasteiger partial charge in [-0.2, -0.15) is 0 Å². The number of amides is 1. The quantitative estimate of drug-likeness (QED) is 0.626. The van der Waals surface area contributed by atoms with Gasteiger partial charge >= 0.3 is 0 Å². The Morgan fingerprint density at radius 1 is 1.35 bits per heavy atom. The standard InChI is InChI=1S/C10H18N4O3/c1-16-6-3-5-14-8(4-7-17-2)9(10(11)15)12-13-14/h3-7H2,1-2H3,(H2,11,15). The Balaban J connectivity index is 2.76. The van der Waals surface area contributed by atoms with Crippen molar-refractivity contribution in [3.05, 3.63) is 11.4 Å². The van der Waals surface area contributed by atoms with E-state index in [1.54, 1.807) is 18.9 Å². The summed E-state index contributed by atoms with van der Waals surface area (Å²) < 4.78 is 11.6. The molecular formula is C10H18N4O3. The number of hydrogen-bond acceptors (Lipinski definition) is 5. The van der Waals surface area contributed by atoms with Crippen LogP contribution in [0.15, 0.2) is 0 Å². The van der Waals surface area contributed by atoms with E-state index in [0.29, 0.717) is 26.2 Å². The van der Waals surface area contributed by atoms with E-state index < -0.39 is 5.91 Å². The first-order valence-corrected chi connectivity index (χ1v) is 5.40. The van der Waals surface area contributed by atoms with E-state index in [-0.39, 0.29) is 5.69 Å². The number of ether oxygens (including phenoxy) is 2. The van der Waals surface area contributed by atoms with Crippen molar-refractivity contribution in [2.45, 2.75) is 19.4 Å². The van der Waals surface area contributed by atoms with E-state index in [4.69, 9.17) is 15.2 Å². The summed E-state index contributed by atoms with van der Waals surface area (Å²) in [5, 5.41) is 7.71. The van der Waals surface area contributed by atoms with Crippen molar-refractivity contribution in [1.29, 1.82) is 0 Å². The average molecular weight is 242 g/mol. The molecule has 0 aliphatic heterocycles. The Morgan fingerprint density at radius 2 is 2.06 bits per heavy atom. The molecule has 0 atom stereocenters. The monoisotopic (exact) mass is 242 g/mol. The van der Waals surface area contributed by atoms with Crippen molar-refractivity contribution in [1.82, 2.24) is 15.0 Å². The highest BCUT2D eigenvalue weighted by Crippen LogP contribution is 2.07. The molecule has 1 heterocycles. The van der Waals surface area contributed by atoms with Crippen molar-refractivity contribution < 1.29 is 14.3 Å². The number of aromatic nitrogens is 3. The number of methoxy groups -OCH3 is 2. The lowest BCUT2D eigenvalue weighted by Crippen LogP contribution is -2.17. The molecule has 0 saturated carbocycles. The number of hydrogen-bond donors (Lipinski definition) is 1. The first kappa shape index (κ1) is 13.6. The Hall–Kier alpha value is -1.47. The predicted molar refractivity (Wildman–Crippen MR) is 60.6 cm³/mol. The van der Waals surface area contributed by atoms with Crippen molar-refractivity contribution in [2.75, 3.05) is 27.4 Å². The van der Waals surface area contributed by atoms with Gasteiger partial charge < -0.3 is 15.2 Å². The number of carbonyl (C=O) groups is 1. The number of nitrogens with zero attached hydrogens (tertiary/aromatic N) is 3. The molecule has 17 heavy (non-hydrogen) atoms. The van der Waals surface area contributed by atoms with Crippen LogP contribution in [0.25, 0.3) is 0 Å². The van der Waals surface area contributed by atoms with Crippen molar-refractivity contribution in [3.63, 3.8) is 0 Å². The van der Waals surface area contributed by atoms with Crippen LogP contribution in [0.1, 0.15) is 22.6 Å². The molecule has 2 N–H and O–H groups in total. The molecule has 0 aliphatic carbocycles. The van der Waals surface area contributed by atoms with Gasteiger partial charge in [0, 0.05) is 33.8 Å². The summed E-state index contributed by atoms with van der Waals surface area (Å²) in [4.78, 5) is 11.2. The molecule has 1 rings (SSSR count). The zero-order valence-corrected chi connectivity index (χ0v) is 10.2. The van der Waals surface area contributed by atoms with E-state index in [0.717, 1.165) is 12.1 Å². The van der Waals surface area contributed by atoms with E-state index in [1.807, 2.05) is 0 Å². The van der Waals surface area contributed by atoms with Crippen LogP contribution in [0.2, 0.25) is 0 Å². The fourth-order valence-corrected chi connectivity index (χ4v) is 1.51. The molecule has 7 nitrogen and oxygen atoms in total. The fraction of sp³-hybridized carbons (Fsp3) is 0.700. The maximum Gasteiger partial charge on any atom is 0.271 e. The molecule has 7 heteroatoms. The second kappa shape index (κ2) is 6.97. The normalized spacial score (nSPS) is 10.7. The van der Waals surface area contributed by atoms with E-state index in [9.17, 15) is 4.79 Å². The zero-order valence-electron chi connectivity index (χ0n) is 10.2. The topological polar surface area (TPSA) is 92.3 Å². The van der Waals surface area contributed by atoms with Gasteiger partial charge in [0.25, 0.3) is 5.91 Å². The first-order chi connectivity index (χ1) is 8.20. The second-order valence-electron chi connectivity index (χ2n) is 3.56. The van der Waals surface area contributed by atoms with Gasteiger partial charge in [0.2, 0.25) is 0 Å². The summed E-state index contributed by atoms with van der Waals surface area (Å²) in [6.45, 7) is 1.78. The zero-order chi connectivity index (χ0) is 12.7. The lowest BCUT2D eigenvalue weighted by atomic mass is 10.2. The molecule has 0 bridgehead atoms. The van der Waals surface area contributed by atoms with Crippen LogP contribution >= 0.6 is 0 Å². The average Bonchev–Trinajstić information content (AvgIpc) is 2.70. The minimum absolute atomic E-state index is 0.222. The molecule has 96 valence electrons. The molecule has 1 aromatic heterocycles. The van der Waals surface area contributed by atoms with E-state index in [1.165, 1.54) is 0 Å². The van der Waals surface area contributed by atoms with Crippen LogP contribution in [0, 0.1) is 0 Å². The SMILES string of the molecule is COCCCn1nnc(C(N)=O)c1CCOC. The molecule has 0 radical (unpaired) electrons. The number of aryl methyl sites for hydroxylation is 1. The number of primary amides is 1. The van der Waals surface area contributed by atoms with Crippen LogP contribution in [0.4, 0.5) is 0 Å². The summed E-state index contributed by atoms with van der Waals surface area (Å²) >= 11 is 0. The van der Waals surface area contributed by atoms with Crippen molar-refractivity contribution in [2.24, 2.45) is 5.73 Å². The third-order valence-corrected chi connectivity index (χ3v) is 2.33. The molecule has 1 amide bonds. The van der Waals surface area contributed by atoms with Gasteiger partial charge in [-0.15, -0.1) is 5.10 Å². The van der Waals surface area contributed by atoms with Crippen LogP contribution in [0.5, 0.6) is 0 Å². The number of carbonyl (C=O) groups excluding carboxylic acids is 1.